The van der Waals surface area contributed by atoms with Crippen molar-refractivity contribution < 1.29 is 0 Å². The van der Waals surface area contributed by atoms with Crippen LogP contribution in [0.4, 0.5) is 0 Å². The summed E-state index contributed by atoms with van der Waals surface area (Å²) >= 11 is 0. The van der Waals surface area contributed by atoms with Gasteiger partial charge in [-0.2, -0.15) is 0 Å². The molecule has 2 aromatic carbocycles. The Balaban J connectivity index is 1.67. The molecular formula is C21H27N3. The lowest BCUT2D eigenvalue weighted by molar-refractivity contribution is 0.129. The summed E-state index contributed by atoms with van der Waals surface area (Å²) in [7, 11) is 4.24. The molecule has 1 aliphatic heterocycles. The Kier molecular flexibility index (Phi) is 3.95. The first kappa shape index (κ1) is 15.8. The van der Waals surface area contributed by atoms with E-state index in [0.717, 1.165) is 13.1 Å². The average molecular weight is 321 g/mol. The third kappa shape index (κ3) is 2.57. The van der Waals surface area contributed by atoms with Gasteiger partial charge in [-0.05, 0) is 49.2 Å². The highest BCUT2D eigenvalue weighted by Crippen LogP contribution is 2.56. The summed E-state index contributed by atoms with van der Waals surface area (Å²) in [6.07, 6.45) is 2.48. The molecule has 1 saturated carbocycles. The van der Waals surface area contributed by atoms with Crippen molar-refractivity contribution in [1.29, 1.82) is 0 Å². The number of rotatable bonds is 5. The summed E-state index contributed by atoms with van der Waals surface area (Å²) in [5, 5.41) is 0. The van der Waals surface area contributed by atoms with Crippen LogP contribution in [-0.4, -0.2) is 30.4 Å². The predicted molar refractivity (Wildman–Crippen MR) is 98.5 cm³/mol. The van der Waals surface area contributed by atoms with Gasteiger partial charge in [0.15, 0.2) is 0 Å². The molecule has 2 aliphatic rings. The van der Waals surface area contributed by atoms with Gasteiger partial charge in [-0.1, -0.05) is 48.5 Å². The van der Waals surface area contributed by atoms with E-state index < -0.39 is 0 Å². The Bertz CT molecular complexity index is 719. The zero-order valence-corrected chi connectivity index (χ0v) is 14.7. The van der Waals surface area contributed by atoms with Crippen molar-refractivity contribution in [2.75, 3.05) is 20.6 Å². The van der Waals surface area contributed by atoms with Crippen LogP contribution < -0.4 is 5.73 Å². The third-order valence-corrected chi connectivity index (χ3v) is 5.59. The molecule has 126 valence electrons. The zero-order valence-electron chi connectivity index (χ0n) is 14.7. The molecule has 0 spiro atoms. The summed E-state index contributed by atoms with van der Waals surface area (Å²) in [5.41, 5.74) is 12.2. The zero-order chi connectivity index (χ0) is 16.7. The van der Waals surface area contributed by atoms with Crippen molar-refractivity contribution in [3.05, 3.63) is 70.8 Å². The normalized spacial score (nSPS) is 21.9. The Morgan fingerprint density at radius 2 is 1.88 bits per heavy atom. The number of hydrogen-bond acceptors (Lipinski definition) is 3. The molecule has 0 aromatic heterocycles. The average Bonchev–Trinajstić information content (AvgIpc) is 3.31. The lowest BCUT2D eigenvalue weighted by Gasteiger charge is -2.33. The molecule has 2 N–H and O–H groups in total. The van der Waals surface area contributed by atoms with Gasteiger partial charge in [-0.15, -0.1) is 0 Å². The van der Waals surface area contributed by atoms with Gasteiger partial charge in [-0.25, -0.2) is 0 Å². The van der Waals surface area contributed by atoms with Crippen LogP contribution >= 0.6 is 0 Å². The highest BCUT2D eigenvalue weighted by molar-refractivity contribution is 5.41. The van der Waals surface area contributed by atoms with Crippen molar-refractivity contribution in [2.45, 2.75) is 37.5 Å². The van der Waals surface area contributed by atoms with Crippen molar-refractivity contribution in [3.63, 3.8) is 0 Å². The van der Waals surface area contributed by atoms with Crippen molar-refractivity contribution in [3.8, 4) is 0 Å². The van der Waals surface area contributed by atoms with E-state index in [0.29, 0.717) is 12.6 Å². The maximum atomic E-state index is 6.24. The topological polar surface area (TPSA) is 32.5 Å². The maximum Gasteiger partial charge on any atom is 0.0486 e. The summed E-state index contributed by atoms with van der Waals surface area (Å²) in [4.78, 5) is 4.88. The van der Waals surface area contributed by atoms with Crippen LogP contribution in [0.5, 0.6) is 0 Å². The lowest BCUT2D eigenvalue weighted by atomic mass is 9.99. The maximum absolute atomic E-state index is 6.24. The van der Waals surface area contributed by atoms with Gasteiger partial charge in [0.2, 0.25) is 0 Å². The van der Waals surface area contributed by atoms with Crippen LogP contribution in [0.3, 0.4) is 0 Å². The molecule has 3 nitrogen and oxygen atoms in total. The summed E-state index contributed by atoms with van der Waals surface area (Å²) in [6.45, 7) is 2.69. The summed E-state index contributed by atoms with van der Waals surface area (Å²) in [6, 6.07) is 18.3. The summed E-state index contributed by atoms with van der Waals surface area (Å²) in [5.74, 6) is 0. The van der Waals surface area contributed by atoms with Crippen molar-refractivity contribution >= 4 is 0 Å². The van der Waals surface area contributed by atoms with Crippen LogP contribution in [-0.2, 0) is 18.6 Å². The second kappa shape index (κ2) is 5.99. The highest BCUT2D eigenvalue weighted by atomic mass is 15.3. The molecule has 24 heavy (non-hydrogen) atoms. The number of hydrogen-bond donors (Lipinski definition) is 1. The minimum absolute atomic E-state index is 0.200. The Hall–Kier alpha value is -1.68. The number of benzene rings is 2. The second-order valence-corrected chi connectivity index (χ2v) is 7.55. The third-order valence-electron chi connectivity index (χ3n) is 5.59. The van der Waals surface area contributed by atoms with Crippen molar-refractivity contribution in [2.24, 2.45) is 5.73 Å². The first-order valence-corrected chi connectivity index (χ1v) is 8.93. The number of nitrogens with zero attached hydrogens (tertiary/aromatic N) is 2. The molecule has 2 aromatic rings. The molecule has 1 heterocycles. The van der Waals surface area contributed by atoms with E-state index in [2.05, 4.69) is 72.4 Å². The van der Waals surface area contributed by atoms with E-state index in [-0.39, 0.29) is 5.54 Å². The molecule has 1 atom stereocenters. The number of nitrogens with two attached hydrogens (primary N) is 1. The lowest BCUT2D eigenvalue weighted by Crippen LogP contribution is -2.37. The fourth-order valence-electron chi connectivity index (χ4n) is 4.34. The first-order valence-electron chi connectivity index (χ1n) is 8.93. The monoisotopic (exact) mass is 321 g/mol. The molecule has 0 amide bonds. The van der Waals surface area contributed by atoms with Gasteiger partial charge >= 0.3 is 0 Å². The first-order chi connectivity index (χ1) is 11.6. The van der Waals surface area contributed by atoms with Crippen LogP contribution in [0, 0.1) is 0 Å². The van der Waals surface area contributed by atoms with E-state index in [1.54, 1.807) is 0 Å². The SMILES string of the molecule is CN(C)Cc1ccc2c(c1)C(CN)N(C1(c3ccccc3)CC1)C2. The molecule has 0 bridgehead atoms. The number of fused-ring (bicyclic) bond motifs is 1. The molecule has 0 saturated heterocycles. The minimum atomic E-state index is 0.200. The molecule has 1 fully saturated rings. The van der Waals surface area contributed by atoms with E-state index in [1.807, 2.05) is 0 Å². The van der Waals surface area contributed by atoms with E-state index in [4.69, 9.17) is 5.73 Å². The molecule has 1 unspecified atom stereocenters. The van der Waals surface area contributed by atoms with Gasteiger partial charge < -0.3 is 10.6 Å². The van der Waals surface area contributed by atoms with Crippen LogP contribution in [0.15, 0.2) is 48.5 Å². The minimum Gasteiger partial charge on any atom is -0.329 e. The second-order valence-electron chi connectivity index (χ2n) is 7.55. The van der Waals surface area contributed by atoms with Crippen LogP contribution in [0.2, 0.25) is 0 Å². The molecule has 4 rings (SSSR count). The molecule has 0 radical (unpaired) electrons. The molecule has 3 heteroatoms. The van der Waals surface area contributed by atoms with Crippen molar-refractivity contribution in [1.82, 2.24) is 9.80 Å². The fourth-order valence-corrected chi connectivity index (χ4v) is 4.34. The Labute approximate surface area is 145 Å². The molecular weight excluding hydrogens is 294 g/mol. The van der Waals surface area contributed by atoms with Gasteiger partial charge in [-0.3, -0.25) is 4.90 Å². The van der Waals surface area contributed by atoms with Gasteiger partial charge in [0, 0.05) is 31.2 Å². The Morgan fingerprint density at radius 1 is 1.12 bits per heavy atom. The predicted octanol–water partition coefficient (Wildman–Crippen LogP) is 3.25. The van der Waals surface area contributed by atoms with Gasteiger partial charge in [0.05, 0.1) is 0 Å². The highest BCUT2D eigenvalue weighted by Gasteiger charge is 2.53. The van der Waals surface area contributed by atoms with E-state index in [1.165, 1.54) is 35.1 Å². The fraction of sp³-hybridized carbons (Fsp3) is 0.429. The smallest absolute Gasteiger partial charge is 0.0486 e. The largest absolute Gasteiger partial charge is 0.329 e. The quantitative estimate of drug-likeness (QED) is 0.917. The van der Waals surface area contributed by atoms with Gasteiger partial charge in [0.1, 0.15) is 0 Å². The van der Waals surface area contributed by atoms with E-state index >= 15 is 0 Å². The van der Waals surface area contributed by atoms with E-state index in [9.17, 15) is 0 Å². The van der Waals surface area contributed by atoms with Crippen LogP contribution in [0.25, 0.3) is 0 Å². The molecule has 1 aliphatic carbocycles. The standard InChI is InChI=1S/C21H27N3/c1-23(2)14-16-8-9-17-15-24(20(13-22)19(17)12-16)21(10-11-21)18-6-4-3-5-7-18/h3-9,12,20H,10-11,13-15,22H2,1-2H3. The Morgan fingerprint density at radius 3 is 2.50 bits per heavy atom. The van der Waals surface area contributed by atoms with Gasteiger partial charge in [0.25, 0.3) is 0 Å². The summed E-state index contributed by atoms with van der Waals surface area (Å²) < 4.78 is 0. The van der Waals surface area contributed by atoms with Crippen LogP contribution in [0.1, 0.15) is 41.1 Å².